The average Bonchev–Trinajstić information content (AvgIpc) is 2.29. The Labute approximate surface area is 100 Å². The molecule has 0 atom stereocenters. The lowest BCUT2D eigenvalue weighted by atomic mass is 9.94. The fourth-order valence-corrected chi connectivity index (χ4v) is 2.34. The molecule has 1 aliphatic carbocycles. The van der Waals surface area contributed by atoms with Crippen molar-refractivity contribution in [1.29, 1.82) is 0 Å². The number of rotatable bonds is 7. The molecule has 0 unspecified atom stereocenters. The van der Waals surface area contributed by atoms with Crippen LogP contribution in [0.5, 0.6) is 0 Å². The monoisotopic (exact) mass is 245 g/mol. The van der Waals surface area contributed by atoms with E-state index in [1.807, 2.05) is 4.90 Å². The van der Waals surface area contributed by atoms with Gasteiger partial charge in [-0.15, -0.1) is 0 Å². The molecule has 1 fully saturated rings. The Balaban J connectivity index is 2.43. The minimum atomic E-state index is -0.359. The molecule has 1 saturated carbocycles. The molecule has 0 bridgehead atoms. The first-order chi connectivity index (χ1) is 8.09. The SMILES string of the molecule is O=[N+]([O-])CCN(CC[N+](=O)[O-])C1CCCCC1. The van der Waals surface area contributed by atoms with E-state index >= 15 is 0 Å². The number of hydrogen-bond acceptors (Lipinski definition) is 5. The average molecular weight is 245 g/mol. The summed E-state index contributed by atoms with van der Waals surface area (Å²) in [7, 11) is 0. The summed E-state index contributed by atoms with van der Waals surface area (Å²) in [6.45, 7) is 0.388. The zero-order chi connectivity index (χ0) is 12.7. The van der Waals surface area contributed by atoms with Gasteiger partial charge in [0.15, 0.2) is 0 Å². The second-order valence-electron chi connectivity index (χ2n) is 4.44. The van der Waals surface area contributed by atoms with Crippen molar-refractivity contribution >= 4 is 0 Å². The molecule has 0 aromatic carbocycles. The van der Waals surface area contributed by atoms with Gasteiger partial charge in [0.1, 0.15) is 0 Å². The largest absolute Gasteiger partial charge is 0.288 e. The number of nitrogens with zero attached hydrogens (tertiary/aromatic N) is 3. The highest BCUT2D eigenvalue weighted by Gasteiger charge is 2.23. The Morgan fingerprint density at radius 1 is 0.941 bits per heavy atom. The first-order valence-corrected chi connectivity index (χ1v) is 6.07. The Morgan fingerprint density at radius 3 is 1.82 bits per heavy atom. The minimum Gasteiger partial charge on any atom is -0.288 e. The lowest BCUT2D eigenvalue weighted by Gasteiger charge is -2.32. The Bertz CT molecular complexity index is 248. The van der Waals surface area contributed by atoms with Crippen LogP contribution in [0.2, 0.25) is 0 Å². The smallest absolute Gasteiger partial charge is 0.216 e. The number of nitro groups is 2. The van der Waals surface area contributed by atoms with Crippen LogP contribution >= 0.6 is 0 Å². The van der Waals surface area contributed by atoms with Gasteiger partial charge in [-0.2, -0.15) is 0 Å². The molecule has 0 aromatic rings. The second-order valence-corrected chi connectivity index (χ2v) is 4.44. The fourth-order valence-electron chi connectivity index (χ4n) is 2.34. The molecule has 0 aliphatic heterocycles. The molecule has 0 N–H and O–H groups in total. The standard InChI is InChI=1S/C10H19N3O4/c14-12(15)8-6-11(7-9-13(16)17)10-4-2-1-3-5-10/h10H,1-9H2. The lowest BCUT2D eigenvalue weighted by Crippen LogP contribution is -2.42. The normalized spacial score (nSPS) is 17.2. The van der Waals surface area contributed by atoms with Crippen LogP contribution in [0.15, 0.2) is 0 Å². The quantitative estimate of drug-likeness (QED) is 0.496. The molecule has 0 aromatic heterocycles. The molecule has 1 rings (SSSR count). The Hall–Kier alpha value is -1.24. The van der Waals surface area contributed by atoms with Gasteiger partial charge < -0.3 is 0 Å². The molecule has 0 amide bonds. The summed E-state index contributed by atoms with van der Waals surface area (Å²) in [5.74, 6) is 0. The highest BCUT2D eigenvalue weighted by Crippen LogP contribution is 2.22. The summed E-state index contributed by atoms with van der Waals surface area (Å²) in [5, 5.41) is 20.7. The number of hydrogen-bond donors (Lipinski definition) is 0. The first-order valence-electron chi connectivity index (χ1n) is 6.07. The van der Waals surface area contributed by atoms with Crippen molar-refractivity contribution in [2.75, 3.05) is 26.2 Å². The van der Waals surface area contributed by atoms with Crippen molar-refractivity contribution in [3.8, 4) is 0 Å². The third-order valence-corrected chi connectivity index (χ3v) is 3.23. The molecule has 17 heavy (non-hydrogen) atoms. The van der Waals surface area contributed by atoms with E-state index in [9.17, 15) is 20.2 Å². The molecule has 7 heteroatoms. The van der Waals surface area contributed by atoms with E-state index in [2.05, 4.69) is 0 Å². The van der Waals surface area contributed by atoms with Crippen molar-refractivity contribution in [3.63, 3.8) is 0 Å². The van der Waals surface area contributed by atoms with Crippen LogP contribution in [0, 0.1) is 20.2 Å². The van der Waals surface area contributed by atoms with Gasteiger partial charge in [0.05, 0.1) is 13.1 Å². The van der Waals surface area contributed by atoms with Gasteiger partial charge in [0, 0.05) is 15.9 Å². The molecule has 98 valence electrons. The van der Waals surface area contributed by atoms with Crippen molar-refractivity contribution in [2.45, 2.75) is 38.1 Å². The zero-order valence-electron chi connectivity index (χ0n) is 9.92. The molecule has 0 spiro atoms. The van der Waals surface area contributed by atoms with Crippen LogP contribution in [0.25, 0.3) is 0 Å². The molecular weight excluding hydrogens is 226 g/mol. The van der Waals surface area contributed by atoms with Crippen LogP contribution in [-0.4, -0.2) is 47.0 Å². The van der Waals surface area contributed by atoms with E-state index in [4.69, 9.17) is 0 Å². The Morgan fingerprint density at radius 2 is 1.41 bits per heavy atom. The summed E-state index contributed by atoms with van der Waals surface area (Å²) >= 11 is 0. The van der Waals surface area contributed by atoms with E-state index in [0.29, 0.717) is 19.1 Å². The zero-order valence-corrected chi connectivity index (χ0v) is 9.92. The van der Waals surface area contributed by atoms with Gasteiger partial charge in [0.2, 0.25) is 13.1 Å². The molecule has 0 saturated heterocycles. The second kappa shape index (κ2) is 7.16. The van der Waals surface area contributed by atoms with Crippen LogP contribution < -0.4 is 0 Å². The van der Waals surface area contributed by atoms with E-state index < -0.39 is 0 Å². The summed E-state index contributed by atoms with van der Waals surface area (Å²) in [6, 6.07) is 0.295. The molecular formula is C10H19N3O4. The maximum atomic E-state index is 10.4. The third-order valence-electron chi connectivity index (χ3n) is 3.23. The van der Waals surface area contributed by atoms with Crippen LogP contribution in [-0.2, 0) is 0 Å². The van der Waals surface area contributed by atoms with Crippen molar-refractivity contribution in [3.05, 3.63) is 20.2 Å². The predicted octanol–water partition coefficient (Wildman–Crippen LogP) is 1.17. The maximum absolute atomic E-state index is 10.4. The van der Waals surface area contributed by atoms with Crippen LogP contribution in [0.3, 0.4) is 0 Å². The van der Waals surface area contributed by atoms with Gasteiger partial charge in [-0.25, -0.2) is 0 Å². The van der Waals surface area contributed by atoms with E-state index in [0.717, 1.165) is 25.7 Å². The van der Waals surface area contributed by atoms with Gasteiger partial charge in [-0.3, -0.25) is 25.1 Å². The van der Waals surface area contributed by atoms with Gasteiger partial charge >= 0.3 is 0 Å². The van der Waals surface area contributed by atoms with Crippen molar-refractivity contribution in [2.24, 2.45) is 0 Å². The van der Waals surface area contributed by atoms with Crippen molar-refractivity contribution < 1.29 is 9.85 Å². The lowest BCUT2D eigenvalue weighted by molar-refractivity contribution is -0.487. The van der Waals surface area contributed by atoms with Gasteiger partial charge in [-0.1, -0.05) is 19.3 Å². The summed E-state index contributed by atoms with van der Waals surface area (Å²) in [6.07, 6.45) is 5.47. The fraction of sp³-hybridized carbons (Fsp3) is 1.00. The highest BCUT2D eigenvalue weighted by atomic mass is 16.6. The molecule has 1 aliphatic rings. The highest BCUT2D eigenvalue weighted by molar-refractivity contribution is 4.75. The summed E-state index contributed by atoms with van der Waals surface area (Å²) in [4.78, 5) is 21.9. The summed E-state index contributed by atoms with van der Waals surface area (Å²) in [5.41, 5.74) is 0. The minimum absolute atomic E-state index is 0.131. The Kier molecular flexibility index (Phi) is 5.82. The summed E-state index contributed by atoms with van der Waals surface area (Å²) < 4.78 is 0. The third kappa shape index (κ3) is 5.58. The maximum Gasteiger partial charge on any atom is 0.216 e. The van der Waals surface area contributed by atoms with Crippen LogP contribution in [0.4, 0.5) is 0 Å². The van der Waals surface area contributed by atoms with E-state index in [1.165, 1.54) is 6.42 Å². The van der Waals surface area contributed by atoms with Crippen molar-refractivity contribution in [1.82, 2.24) is 4.90 Å². The van der Waals surface area contributed by atoms with Gasteiger partial charge in [0.25, 0.3) is 0 Å². The van der Waals surface area contributed by atoms with E-state index in [-0.39, 0.29) is 22.9 Å². The molecule has 0 radical (unpaired) electrons. The molecule has 0 heterocycles. The topological polar surface area (TPSA) is 89.5 Å². The molecule has 7 nitrogen and oxygen atoms in total. The predicted molar refractivity (Wildman–Crippen MR) is 62.2 cm³/mol. The van der Waals surface area contributed by atoms with Gasteiger partial charge in [-0.05, 0) is 12.8 Å². The first kappa shape index (κ1) is 13.8. The van der Waals surface area contributed by atoms with E-state index in [1.54, 1.807) is 0 Å². The van der Waals surface area contributed by atoms with Crippen LogP contribution in [0.1, 0.15) is 32.1 Å².